The predicted molar refractivity (Wildman–Crippen MR) is 44.1 cm³/mol. The number of rotatable bonds is 1. The van der Waals surface area contributed by atoms with Crippen LogP contribution in [0, 0.1) is 14.9 Å². The average Bonchev–Trinajstić information content (AvgIpc) is 1.94. The molecule has 0 aliphatic rings. The fraction of sp³-hybridized carbons (Fsp3) is 0.167. The lowest BCUT2D eigenvalue weighted by molar-refractivity contribution is 1.03. The van der Waals surface area contributed by atoms with Gasteiger partial charge in [-0.15, -0.1) is 0 Å². The second-order valence-corrected chi connectivity index (χ2v) is 2.81. The van der Waals surface area contributed by atoms with Crippen molar-refractivity contribution >= 4 is 22.6 Å². The molecule has 0 radical (unpaired) electrons. The van der Waals surface area contributed by atoms with Gasteiger partial charge in [0, 0.05) is 6.20 Å². The molecule has 1 heterocycles. The highest BCUT2D eigenvalue weighted by Crippen LogP contribution is 2.06. The Balaban J connectivity index is 2.94. The summed E-state index contributed by atoms with van der Waals surface area (Å²) in [4.78, 5) is 7.73. The quantitative estimate of drug-likeness (QED) is 0.697. The Hall–Kier alpha value is -0.700. The maximum absolute atomic E-state index is 8.33. The summed E-state index contributed by atoms with van der Waals surface area (Å²) in [6.45, 7) is 0. The average molecular weight is 245 g/mol. The zero-order chi connectivity index (χ0) is 7.40. The number of nitrogens with zero attached hydrogens (tertiary/aromatic N) is 3. The topological polar surface area (TPSA) is 49.6 Å². The third kappa shape index (κ3) is 1.64. The first-order valence-corrected chi connectivity index (χ1v) is 3.74. The minimum Gasteiger partial charge on any atom is -0.244 e. The molecule has 0 aliphatic heterocycles. The first kappa shape index (κ1) is 7.41. The third-order valence-corrected chi connectivity index (χ3v) is 1.89. The summed E-state index contributed by atoms with van der Waals surface area (Å²) in [7, 11) is 0. The molecule has 0 saturated heterocycles. The van der Waals surface area contributed by atoms with Crippen LogP contribution >= 0.6 is 22.6 Å². The standard InChI is InChI=1S/C6H4IN3/c7-5-3-9-4-10-6(5)1-2-8/h3-4H,1H2. The van der Waals surface area contributed by atoms with Crippen LogP contribution in [0.5, 0.6) is 0 Å². The summed E-state index contributed by atoms with van der Waals surface area (Å²) in [5, 5.41) is 8.33. The summed E-state index contributed by atoms with van der Waals surface area (Å²) in [6.07, 6.45) is 3.51. The molecule has 0 saturated carbocycles. The van der Waals surface area contributed by atoms with Crippen molar-refractivity contribution in [3.63, 3.8) is 0 Å². The van der Waals surface area contributed by atoms with E-state index in [1.807, 2.05) is 6.07 Å². The highest BCUT2D eigenvalue weighted by molar-refractivity contribution is 14.1. The summed E-state index contributed by atoms with van der Waals surface area (Å²) >= 11 is 2.11. The molecule has 0 aromatic carbocycles. The lowest BCUT2D eigenvalue weighted by Gasteiger charge is -1.93. The number of halogens is 1. The molecular formula is C6H4IN3. The molecule has 0 amide bonds. The Morgan fingerprint density at radius 1 is 1.70 bits per heavy atom. The van der Waals surface area contributed by atoms with Gasteiger partial charge in [0.2, 0.25) is 0 Å². The molecule has 50 valence electrons. The smallest absolute Gasteiger partial charge is 0.115 e. The summed E-state index contributed by atoms with van der Waals surface area (Å²) < 4.78 is 0.946. The van der Waals surface area contributed by atoms with Crippen LogP contribution in [-0.2, 0) is 6.42 Å². The third-order valence-electron chi connectivity index (χ3n) is 0.990. The van der Waals surface area contributed by atoms with Gasteiger partial charge in [-0.3, -0.25) is 0 Å². The van der Waals surface area contributed by atoms with Gasteiger partial charge < -0.3 is 0 Å². The largest absolute Gasteiger partial charge is 0.244 e. The van der Waals surface area contributed by atoms with E-state index in [0.717, 1.165) is 9.26 Å². The maximum atomic E-state index is 8.33. The van der Waals surface area contributed by atoms with Crippen LogP contribution in [0.4, 0.5) is 0 Å². The highest BCUT2D eigenvalue weighted by Gasteiger charge is 1.97. The van der Waals surface area contributed by atoms with Gasteiger partial charge >= 0.3 is 0 Å². The van der Waals surface area contributed by atoms with E-state index >= 15 is 0 Å². The van der Waals surface area contributed by atoms with E-state index in [1.165, 1.54) is 6.33 Å². The maximum Gasteiger partial charge on any atom is 0.115 e. The van der Waals surface area contributed by atoms with Crippen LogP contribution in [-0.4, -0.2) is 9.97 Å². The van der Waals surface area contributed by atoms with Gasteiger partial charge in [-0.05, 0) is 22.6 Å². The monoisotopic (exact) mass is 245 g/mol. The first-order chi connectivity index (χ1) is 4.84. The van der Waals surface area contributed by atoms with Gasteiger partial charge in [0.05, 0.1) is 21.8 Å². The van der Waals surface area contributed by atoms with E-state index in [9.17, 15) is 0 Å². The Kier molecular flexibility index (Phi) is 2.57. The minimum absolute atomic E-state index is 0.362. The highest BCUT2D eigenvalue weighted by atomic mass is 127. The Labute approximate surface area is 72.3 Å². The molecule has 0 unspecified atom stereocenters. The zero-order valence-electron chi connectivity index (χ0n) is 5.08. The van der Waals surface area contributed by atoms with Crippen molar-refractivity contribution in [3.05, 3.63) is 21.8 Å². The SMILES string of the molecule is N#CCc1ncncc1I. The first-order valence-electron chi connectivity index (χ1n) is 2.66. The summed E-state index contributed by atoms with van der Waals surface area (Å²) in [5.41, 5.74) is 0.804. The van der Waals surface area contributed by atoms with Crippen molar-refractivity contribution in [3.8, 4) is 6.07 Å². The Morgan fingerprint density at radius 3 is 3.10 bits per heavy atom. The summed E-state index contributed by atoms with van der Waals surface area (Å²) in [5.74, 6) is 0. The van der Waals surface area contributed by atoms with Gasteiger partial charge in [0.15, 0.2) is 0 Å². The number of hydrogen-bond acceptors (Lipinski definition) is 3. The van der Waals surface area contributed by atoms with E-state index in [1.54, 1.807) is 6.20 Å². The number of nitriles is 1. The fourth-order valence-electron chi connectivity index (χ4n) is 0.543. The lowest BCUT2D eigenvalue weighted by Crippen LogP contribution is -1.92. The predicted octanol–water partition coefficient (Wildman–Crippen LogP) is 1.15. The van der Waals surface area contributed by atoms with Gasteiger partial charge in [-0.25, -0.2) is 9.97 Å². The van der Waals surface area contributed by atoms with Gasteiger partial charge in [0.25, 0.3) is 0 Å². The number of hydrogen-bond donors (Lipinski definition) is 0. The lowest BCUT2D eigenvalue weighted by atomic mass is 10.3. The molecule has 3 nitrogen and oxygen atoms in total. The molecule has 1 rings (SSSR count). The molecule has 0 bridgehead atoms. The van der Waals surface area contributed by atoms with Gasteiger partial charge in [-0.1, -0.05) is 0 Å². The molecule has 0 N–H and O–H groups in total. The molecule has 0 spiro atoms. The molecule has 1 aromatic heterocycles. The fourth-order valence-corrected chi connectivity index (χ4v) is 1.03. The van der Waals surface area contributed by atoms with Crippen molar-refractivity contribution in [2.75, 3.05) is 0 Å². The van der Waals surface area contributed by atoms with Gasteiger partial charge in [-0.2, -0.15) is 5.26 Å². The van der Waals surface area contributed by atoms with Crippen molar-refractivity contribution in [1.82, 2.24) is 9.97 Å². The van der Waals surface area contributed by atoms with Gasteiger partial charge in [0.1, 0.15) is 6.33 Å². The van der Waals surface area contributed by atoms with E-state index in [2.05, 4.69) is 32.6 Å². The van der Waals surface area contributed by atoms with Crippen molar-refractivity contribution < 1.29 is 0 Å². The molecule has 10 heavy (non-hydrogen) atoms. The van der Waals surface area contributed by atoms with Crippen LogP contribution in [0.2, 0.25) is 0 Å². The molecule has 0 fully saturated rings. The Bertz CT molecular complexity index is 266. The molecule has 1 aromatic rings. The molecule has 0 atom stereocenters. The summed E-state index contributed by atoms with van der Waals surface area (Å²) in [6, 6.07) is 2.03. The molecule has 0 aliphatic carbocycles. The second-order valence-electron chi connectivity index (χ2n) is 1.65. The Morgan fingerprint density at radius 2 is 2.50 bits per heavy atom. The van der Waals surface area contributed by atoms with Crippen LogP contribution in [0.3, 0.4) is 0 Å². The normalized spacial score (nSPS) is 8.80. The van der Waals surface area contributed by atoms with E-state index < -0.39 is 0 Å². The number of aromatic nitrogens is 2. The zero-order valence-corrected chi connectivity index (χ0v) is 7.24. The minimum atomic E-state index is 0.362. The van der Waals surface area contributed by atoms with Crippen LogP contribution in [0.1, 0.15) is 5.69 Å². The molecular weight excluding hydrogens is 241 g/mol. The van der Waals surface area contributed by atoms with E-state index in [-0.39, 0.29) is 0 Å². The van der Waals surface area contributed by atoms with Crippen LogP contribution in [0.15, 0.2) is 12.5 Å². The molecule has 4 heteroatoms. The van der Waals surface area contributed by atoms with Crippen molar-refractivity contribution in [2.45, 2.75) is 6.42 Å². The second kappa shape index (κ2) is 3.46. The van der Waals surface area contributed by atoms with Crippen molar-refractivity contribution in [2.24, 2.45) is 0 Å². The van der Waals surface area contributed by atoms with Crippen molar-refractivity contribution in [1.29, 1.82) is 5.26 Å². The van der Waals surface area contributed by atoms with Crippen LogP contribution in [0.25, 0.3) is 0 Å². The van der Waals surface area contributed by atoms with E-state index in [4.69, 9.17) is 5.26 Å². The van der Waals surface area contributed by atoms with E-state index in [0.29, 0.717) is 6.42 Å². The van der Waals surface area contributed by atoms with Crippen LogP contribution < -0.4 is 0 Å².